The molecule has 8 heteroatoms. The molecule has 2 aliphatic rings. The molecule has 4 atom stereocenters. The molecule has 8 rings (SSSR count). The molecular formula is C38H30N2O6. The Morgan fingerprint density at radius 3 is 1.33 bits per heavy atom. The summed E-state index contributed by atoms with van der Waals surface area (Å²) in [5.41, 5.74) is 7.18. The number of rotatable bonds is 8. The van der Waals surface area contributed by atoms with Gasteiger partial charge in [-0.2, -0.15) is 0 Å². The molecular weight excluding hydrogens is 580 g/mol. The number of aromatic nitrogens is 2. The van der Waals surface area contributed by atoms with Crippen LogP contribution in [-0.2, 0) is 9.59 Å². The molecule has 46 heavy (non-hydrogen) atoms. The quantitative estimate of drug-likeness (QED) is 0.176. The van der Waals surface area contributed by atoms with Gasteiger partial charge >= 0.3 is 11.9 Å². The van der Waals surface area contributed by atoms with E-state index in [4.69, 9.17) is 19.0 Å². The van der Waals surface area contributed by atoms with E-state index < -0.39 is 11.9 Å². The number of oxazole rings is 2. The van der Waals surface area contributed by atoms with Gasteiger partial charge in [-0.15, -0.1) is 0 Å². The standard InChI is InChI=1S/2C19H15NO3/c2*21-19(22)15-11-14(15)10-7-12-5-8-13(9-6-12)18-20-16-3-1-2-4-17(16)23-18/h2*1-10,14-15H,11H2,(H,21,22)/b10-7+;10-7-/t2*14-,15-/m11/s1. The Kier molecular flexibility index (Phi) is 7.76. The minimum absolute atomic E-state index is 0.171. The van der Waals surface area contributed by atoms with Gasteiger partial charge in [0, 0.05) is 11.1 Å². The van der Waals surface area contributed by atoms with Crippen molar-refractivity contribution in [2.24, 2.45) is 23.7 Å². The first-order valence-corrected chi connectivity index (χ1v) is 15.2. The van der Waals surface area contributed by atoms with E-state index in [1.165, 1.54) is 0 Å². The number of benzene rings is 4. The first-order chi connectivity index (χ1) is 22.4. The van der Waals surface area contributed by atoms with Crippen LogP contribution in [0.5, 0.6) is 0 Å². The molecule has 0 bridgehead atoms. The molecule has 2 heterocycles. The number of carbonyl (C=O) groups is 2. The van der Waals surface area contributed by atoms with E-state index in [-0.39, 0.29) is 23.7 Å². The Balaban J connectivity index is 0.000000147. The maximum Gasteiger partial charge on any atom is 0.307 e. The molecule has 2 N–H and O–H groups in total. The minimum atomic E-state index is -0.703. The van der Waals surface area contributed by atoms with Crippen LogP contribution >= 0.6 is 0 Å². The van der Waals surface area contributed by atoms with Crippen molar-refractivity contribution in [3.8, 4) is 22.9 Å². The van der Waals surface area contributed by atoms with Gasteiger partial charge < -0.3 is 19.0 Å². The highest BCUT2D eigenvalue weighted by molar-refractivity contribution is 5.78. The van der Waals surface area contributed by atoms with E-state index in [9.17, 15) is 9.59 Å². The van der Waals surface area contributed by atoms with Gasteiger partial charge in [0.2, 0.25) is 11.8 Å². The lowest BCUT2D eigenvalue weighted by Crippen LogP contribution is -1.97. The smallest absolute Gasteiger partial charge is 0.307 e. The van der Waals surface area contributed by atoms with E-state index in [1.807, 2.05) is 121 Å². The van der Waals surface area contributed by atoms with Crippen LogP contribution in [0.2, 0.25) is 0 Å². The molecule has 8 nitrogen and oxygen atoms in total. The zero-order valence-corrected chi connectivity index (χ0v) is 24.7. The molecule has 2 aliphatic carbocycles. The number of para-hydroxylation sites is 4. The van der Waals surface area contributed by atoms with E-state index in [1.54, 1.807) is 0 Å². The van der Waals surface area contributed by atoms with Crippen LogP contribution < -0.4 is 0 Å². The van der Waals surface area contributed by atoms with Gasteiger partial charge in [0.25, 0.3) is 0 Å². The fraction of sp³-hybridized carbons (Fsp3) is 0.158. The Bertz CT molecular complexity index is 1870. The Hall–Kier alpha value is -5.76. The highest BCUT2D eigenvalue weighted by atomic mass is 16.4. The van der Waals surface area contributed by atoms with Crippen LogP contribution in [0.1, 0.15) is 24.0 Å². The first-order valence-electron chi connectivity index (χ1n) is 15.2. The second-order valence-electron chi connectivity index (χ2n) is 11.6. The summed E-state index contributed by atoms with van der Waals surface area (Å²) in [5.74, 6) is -0.259. The van der Waals surface area contributed by atoms with Gasteiger partial charge in [-0.25, -0.2) is 9.97 Å². The SMILES string of the molecule is O=C(O)[C@@H]1C[C@H]1/C=C/c1ccc(-c2nc3ccccc3o2)cc1.O=C(O)[C@@H]1C[C@H]1/C=C\c1ccc(-c2nc3ccccc3o2)cc1. The van der Waals surface area contributed by atoms with E-state index in [0.717, 1.165) is 57.3 Å². The minimum Gasteiger partial charge on any atom is -0.481 e. The van der Waals surface area contributed by atoms with E-state index in [2.05, 4.69) is 9.97 Å². The summed E-state index contributed by atoms with van der Waals surface area (Å²) in [5, 5.41) is 17.8. The van der Waals surface area contributed by atoms with Crippen LogP contribution in [0.25, 0.3) is 57.3 Å². The van der Waals surface area contributed by atoms with Crippen molar-refractivity contribution >= 4 is 46.3 Å². The van der Waals surface area contributed by atoms with Crippen molar-refractivity contribution in [1.82, 2.24) is 9.97 Å². The average molecular weight is 611 g/mol. The monoisotopic (exact) mass is 610 g/mol. The number of aliphatic carboxylic acids is 2. The van der Waals surface area contributed by atoms with Gasteiger partial charge in [0.15, 0.2) is 11.2 Å². The maximum atomic E-state index is 10.8. The van der Waals surface area contributed by atoms with Crippen LogP contribution in [0.4, 0.5) is 0 Å². The van der Waals surface area contributed by atoms with Gasteiger partial charge in [0.1, 0.15) is 11.0 Å². The lowest BCUT2D eigenvalue weighted by Gasteiger charge is -1.97. The third-order valence-corrected chi connectivity index (χ3v) is 8.29. The number of carboxylic acids is 2. The third-order valence-electron chi connectivity index (χ3n) is 8.29. The van der Waals surface area contributed by atoms with Crippen LogP contribution in [-0.4, -0.2) is 32.1 Å². The number of allylic oxidation sites excluding steroid dienone is 2. The van der Waals surface area contributed by atoms with Crippen molar-refractivity contribution < 1.29 is 28.6 Å². The molecule has 0 radical (unpaired) electrons. The molecule has 228 valence electrons. The largest absolute Gasteiger partial charge is 0.481 e. The second kappa shape index (κ2) is 12.3. The van der Waals surface area contributed by atoms with E-state index >= 15 is 0 Å². The normalized spacial score (nSPS) is 20.2. The number of fused-ring (bicyclic) bond motifs is 2. The molecule has 2 saturated carbocycles. The van der Waals surface area contributed by atoms with Gasteiger partial charge in [-0.1, -0.05) is 72.8 Å². The van der Waals surface area contributed by atoms with Crippen LogP contribution in [0.3, 0.4) is 0 Å². The van der Waals surface area contributed by atoms with Crippen molar-refractivity contribution in [3.05, 3.63) is 120 Å². The summed E-state index contributed by atoms with van der Waals surface area (Å²) >= 11 is 0. The number of hydrogen-bond acceptors (Lipinski definition) is 6. The summed E-state index contributed by atoms with van der Waals surface area (Å²) < 4.78 is 11.5. The Morgan fingerprint density at radius 1 is 0.587 bits per heavy atom. The predicted octanol–water partition coefficient (Wildman–Crippen LogP) is 8.46. The zero-order chi connectivity index (χ0) is 31.6. The molecule has 0 aliphatic heterocycles. The highest BCUT2D eigenvalue weighted by Crippen LogP contribution is 2.41. The molecule has 2 fully saturated rings. The molecule has 4 aromatic carbocycles. The average Bonchev–Trinajstić information content (AvgIpc) is 3.95. The van der Waals surface area contributed by atoms with Gasteiger partial charge in [-0.3, -0.25) is 9.59 Å². The molecule has 0 saturated heterocycles. The van der Waals surface area contributed by atoms with Crippen molar-refractivity contribution in [2.75, 3.05) is 0 Å². The number of nitrogens with zero attached hydrogens (tertiary/aromatic N) is 2. The van der Waals surface area contributed by atoms with Crippen molar-refractivity contribution in [3.63, 3.8) is 0 Å². The van der Waals surface area contributed by atoms with Crippen LogP contribution in [0.15, 0.2) is 118 Å². The van der Waals surface area contributed by atoms with E-state index in [0.29, 0.717) is 11.8 Å². The molecule has 0 amide bonds. The maximum absolute atomic E-state index is 10.8. The fourth-order valence-corrected chi connectivity index (χ4v) is 5.36. The van der Waals surface area contributed by atoms with Crippen LogP contribution in [0, 0.1) is 23.7 Å². The molecule has 6 aromatic rings. The second-order valence-corrected chi connectivity index (χ2v) is 11.6. The number of hydrogen-bond donors (Lipinski definition) is 2. The lowest BCUT2D eigenvalue weighted by molar-refractivity contribution is -0.139. The Labute approximate surface area is 264 Å². The highest BCUT2D eigenvalue weighted by Gasteiger charge is 2.41. The Morgan fingerprint density at radius 2 is 0.978 bits per heavy atom. The number of carboxylic acid groups (broad SMARTS) is 2. The van der Waals surface area contributed by atoms with Crippen molar-refractivity contribution in [1.29, 1.82) is 0 Å². The zero-order valence-electron chi connectivity index (χ0n) is 24.7. The topological polar surface area (TPSA) is 127 Å². The summed E-state index contributed by atoms with van der Waals surface area (Å²) in [6, 6.07) is 31.2. The van der Waals surface area contributed by atoms with Gasteiger partial charge in [0.05, 0.1) is 11.8 Å². The van der Waals surface area contributed by atoms with Gasteiger partial charge in [-0.05, 0) is 84.3 Å². The summed E-state index contributed by atoms with van der Waals surface area (Å²) in [6.07, 6.45) is 9.40. The molecule has 0 spiro atoms. The fourth-order valence-electron chi connectivity index (χ4n) is 5.36. The predicted molar refractivity (Wildman–Crippen MR) is 175 cm³/mol. The first kappa shape index (κ1) is 29.0. The lowest BCUT2D eigenvalue weighted by atomic mass is 10.1. The summed E-state index contributed by atoms with van der Waals surface area (Å²) in [7, 11) is 0. The third kappa shape index (κ3) is 6.51. The molecule has 0 unspecified atom stereocenters. The summed E-state index contributed by atoms with van der Waals surface area (Å²) in [6.45, 7) is 0. The van der Waals surface area contributed by atoms with Crippen molar-refractivity contribution in [2.45, 2.75) is 12.8 Å². The molecule has 2 aromatic heterocycles. The summed E-state index contributed by atoms with van der Waals surface area (Å²) in [4.78, 5) is 30.6.